The Bertz CT molecular complexity index is 1200. The molecular formula is C19H12Cl4O5S. The van der Waals surface area contributed by atoms with Crippen molar-refractivity contribution in [1.82, 2.24) is 0 Å². The summed E-state index contributed by atoms with van der Waals surface area (Å²) in [7, 11) is -5.09. The second kappa shape index (κ2) is 7.87. The molecule has 152 valence electrons. The standard InChI is InChI=1S/C19H12Cl4O5S/c20-12-7-6-11(8-14(12)24)19(29(26,27)28,10-4-2-1-3-5-10)16-15(25)9-13(21)17(22)18(16)23/h1-9,24-25H,(H,26,27,28). The number of phenolic OH excluding ortho intramolecular Hbond substituents is 2. The van der Waals surface area contributed by atoms with Crippen LogP contribution in [0.3, 0.4) is 0 Å². The molecule has 0 spiro atoms. The summed E-state index contributed by atoms with van der Waals surface area (Å²) in [5.74, 6) is -1.07. The van der Waals surface area contributed by atoms with Crippen molar-refractivity contribution in [1.29, 1.82) is 0 Å². The molecule has 0 bridgehead atoms. The molecule has 0 radical (unpaired) electrons. The third kappa shape index (κ3) is 3.54. The smallest absolute Gasteiger partial charge is 0.283 e. The molecule has 5 nitrogen and oxygen atoms in total. The monoisotopic (exact) mass is 492 g/mol. The normalized spacial score (nSPS) is 13.8. The number of hydrogen-bond acceptors (Lipinski definition) is 4. The van der Waals surface area contributed by atoms with E-state index >= 15 is 0 Å². The van der Waals surface area contributed by atoms with Crippen LogP contribution < -0.4 is 0 Å². The van der Waals surface area contributed by atoms with E-state index in [4.69, 9.17) is 46.4 Å². The van der Waals surface area contributed by atoms with Gasteiger partial charge in [-0.15, -0.1) is 0 Å². The molecule has 3 rings (SSSR count). The molecule has 0 heterocycles. The number of benzene rings is 3. The molecule has 3 aromatic rings. The first-order valence-electron chi connectivity index (χ1n) is 7.90. The van der Waals surface area contributed by atoms with Gasteiger partial charge in [-0.3, -0.25) is 4.55 Å². The maximum atomic E-state index is 12.9. The molecule has 3 N–H and O–H groups in total. The molecule has 3 aromatic carbocycles. The molecule has 0 amide bonds. The molecule has 29 heavy (non-hydrogen) atoms. The number of halogens is 4. The lowest BCUT2D eigenvalue weighted by atomic mass is 9.83. The van der Waals surface area contributed by atoms with Crippen molar-refractivity contribution in [2.45, 2.75) is 4.75 Å². The summed E-state index contributed by atoms with van der Waals surface area (Å²) in [6, 6.07) is 12.1. The lowest BCUT2D eigenvalue weighted by molar-refractivity contribution is 0.439. The van der Waals surface area contributed by atoms with E-state index in [1.165, 1.54) is 36.4 Å². The van der Waals surface area contributed by atoms with Gasteiger partial charge in [-0.05, 0) is 23.3 Å². The fraction of sp³-hybridized carbons (Fsp3) is 0.0526. The minimum atomic E-state index is -5.09. The predicted molar refractivity (Wildman–Crippen MR) is 114 cm³/mol. The Kier molecular flexibility index (Phi) is 5.98. The summed E-state index contributed by atoms with van der Waals surface area (Å²) < 4.78 is 33.9. The highest BCUT2D eigenvalue weighted by Gasteiger charge is 2.52. The fourth-order valence-corrected chi connectivity index (χ4v) is 5.44. The van der Waals surface area contributed by atoms with Crippen LogP contribution in [0.4, 0.5) is 0 Å². The van der Waals surface area contributed by atoms with Crippen LogP contribution in [0.1, 0.15) is 16.7 Å². The highest BCUT2D eigenvalue weighted by Crippen LogP contribution is 2.53. The van der Waals surface area contributed by atoms with Gasteiger partial charge in [0, 0.05) is 11.6 Å². The average molecular weight is 494 g/mol. The third-order valence-corrected chi connectivity index (χ3v) is 7.44. The van der Waals surface area contributed by atoms with Crippen molar-refractivity contribution in [3.05, 3.63) is 91.4 Å². The molecule has 1 atom stereocenters. The van der Waals surface area contributed by atoms with Gasteiger partial charge in [0.1, 0.15) is 11.5 Å². The molecule has 0 aromatic heterocycles. The van der Waals surface area contributed by atoms with Crippen molar-refractivity contribution in [3.63, 3.8) is 0 Å². The summed E-state index contributed by atoms with van der Waals surface area (Å²) in [5.41, 5.74) is -0.535. The van der Waals surface area contributed by atoms with Crippen LogP contribution >= 0.6 is 46.4 Å². The van der Waals surface area contributed by atoms with Gasteiger partial charge < -0.3 is 10.2 Å². The second-order valence-electron chi connectivity index (χ2n) is 6.07. The van der Waals surface area contributed by atoms with Gasteiger partial charge in [0.2, 0.25) is 0 Å². The number of rotatable bonds is 4. The van der Waals surface area contributed by atoms with Gasteiger partial charge in [0.15, 0.2) is 4.75 Å². The second-order valence-corrected chi connectivity index (χ2v) is 9.20. The van der Waals surface area contributed by atoms with E-state index in [0.717, 1.165) is 12.1 Å². The maximum Gasteiger partial charge on any atom is 0.283 e. The zero-order chi connectivity index (χ0) is 21.6. The van der Waals surface area contributed by atoms with Crippen LogP contribution in [0.2, 0.25) is 20.1 Å². The van der Waals surface area contributed by atoms with Gasteiger partial charge in [-0.1, -0.05) is 82.8 Å². The molecule has 0 aliphatic carbocycles. The maximum absolute atomic E-state index is 12.9. The van der Waals surface area contributed by atoms with E-state index in [1.54, 1.807) is 6.07 Å². The van der Waals surface area contributed by atoms with E-state index in [1.807, 2.05) is 0 Å². The SMILES string of the molecule is O=S(=O)(O)C(c1ccccc1)(c1ccc(Cl)c(O)c1)c1c(O)cc(Cl)c(Cl)c1Cl. The predicted octanol–water partition coefficient (Wildman–Crippen LogP) is 5.89. The van der Waals surface area contributed by atoms with Crippen molar-refractivity contribution in [2.24, 2.45) is 0 Å². The number of phenols is 2. The lowest BCUT2D eigenvalue weighted by Gasteiger charge is -2.34. The highest BCUT2D eigenvalue weighted by molar-refractivity contribution is 7.87. The lowest BCUT2D eigenvalue weighted by Crippen LogP contribution is -2.38. The molecule has 0 aliphatic rings. The van der Waals surface area contributed by atoms with E-state index in [2.05, 4.69) is 0 Å². The summed E-state index contributed by atoms with van der Waals surface area (Å²) in [6.07, 6.45) is 0. The van der Waals surface area contributed by atoms with E-state index in [-0.39, 0.29) is 31.2 Å². The van der Waals surface area contributed by atoms with Crippen molar-refractivity contribution < 1.29 is 23.2 Å². The van der Waals surface area contributed by atoms with E-state index < -0.39 is 31.9 Å². The quantitative estimate of drug-likeness (QED) is 0.239. The average Bonchev–Trinajstić information content (AvgIpc) is 2.65. The van der Waals surface area contributed by atoms with Gasteiger partial charge in [-0.2, -0.15) is 8.42 Å². The Morgan fingerprint density at radius 2 is 1.34 bits per heavy atom. The first-order chi connectivity index (χ1) is 13.5. The fourth-order valence-electron chi connectivity index (χ4n) is 3.20. The van der Waals surface area contributed by atoms with Crippen LogP contribution in [0.15, 0.2) is 54.6 Å². The van der Waals surface area contributed by atoms with Gasteiger partial charge in [0.25, 0.3) is 10.1 Å². The Balaban J connectivity index is 2.62. The Morgan fingerprint density at radius 3 is 1.90 bits per heavy atom. The minimum Gasteiger partial charge on any atom is -0.507 e. The summed E-state index contributed by atoms with van der Waals surface area (Å²) >= 11 is 24.3. The zero-order valence-corrected chi connectivity index (χ0v) is 18.1. The van der Waals surface area contributed by atoms with Crippen LogP contribution in [-0.2, 0) is 14.9 Å². The van der Waals surface area contributed by atoms with Crippen LogP contribution in [-0.4, -0.2) is 23.2 Å². The third-order valence-electron chi connectivity index (χ3n) is 4.41. The topological polar surface area (TPSA) is 94.8 Å². The Labute approximate surface area is 186 Å². The Hall–Kier alpha value is -1.67. The molecule has 10 heteroatoms. The molecule has 0 saturated carbocycles. The molecule has 1 unspecified atom stereocenters. The largest absolute Gasteiger partial charge is 0.507 e. The molecule has 0 saturated heterocycles. The first kappa shape index (κ1) is 22.0. The Morgan fingerprint density at radius 1 is 0.724 bits per heavy atom. The van der Waals surface area contributed by atoms with Crippen molar-refractivity contribution in [2.75, 3.05) is 0 Å². The molecular weight excluding hydrogens is 482 g/mol. The van der Waals surface area contributed by atoms with Crippen LogP contribution in [0.5, 0.6) is 11.5 Å². The summed E-state index contributed by atoms with van der Waals surface area (Å²) in [4.78, 5) is 0. The summed E-state index contributed by atoms with van der Waals surface area (Å²) in [5, 5.41) is 20.0. The van der Waals surface area contributed by atoms with Crippen LogP contribution in [0, 0.1) is 0 Å². The van der Waals surface area contributed by atoms with Crippen molar-refractivity contribution in [3.8, 4) is 11.5 Å². The minimum absolute atomic E-state index is 0.0276. The van der Waals surface area contributed by atoms with Crippen LogP contribution in [0.25, 0.3) is 0 Å². The van der Waals surface area contributed by atoms with Gasteiger partial charge in [-0.25, -0.2) is 0 Å². The van der Waals surface area contributed by atoms with E-state index in [0.29, 0.717) is 0 Å². The van der Waals surface area contributed by atoms with Gasteiger partial charge in [0.05, 0.1) is 20.1 Å². The molecule has 0 fully saturated rings. The van der Waals surface area contributed by atoms with Crippen molar-refractivity contribution >= 4 is 56.5 Å². The zero-order valence-electron chi connectivity index (χ0n) is 14.3. The van der Waals surface area contributed by atoms with E-state index in [9.17, 15) is 23.2 Å². The number of hydrogen-bond donors (Lipinski definition) is 3. The molecule has 0 aliphatic heterocycles. The first-order valence-corrected chi connectivity index (χ1v) is 10.9. The highest BCUT2D eigenvalue weighted by atomic mass is 35.5. The number of aromatic hydroxyl groups is 2. The van der Waals surface area contributed by atoms with Gasteiger partial charge >= 0.3 is 0 Å². The summed E-state index contributed by atoms with van der Waals surface area (Å²) in [6.45, 7) is 0.